The molecule has 218 valence electrons. The van der Waals surface area contributed by atoms with Gasteiger partial charge in [-0.3, -0.25) is 9.59 Å². The third kappa shape index (κ3) is 6.09. The molecule has 0 spiro atoms. The van der Waals surface area contributed by atoms with Crippen molar-refractivity contribution in [1.82, 2.24) is 24.7 Å². The second kappa shape index (κ2) is 11.6. The first-order valence-electron chi connectivity index (χ1n) is 14.8. The number of aryl methyl sites for hydroxylation is 1. The number of likely N-dealkylation sites (tertiary alicyclic amines) is 1. The minimum absolute atomic E-state index is 0.0112. The standard InChI is InChI=1S/C31H43F2N5O2/c1-20(2)30(40)37-15-12-26-28(19-37)38(22(4)34-26)25-10-13-36(14-11-25)21(3)16-27(23-8-6-5-7-9-23)35-29(39)24-17-31(32,33)18-24/h5-9,20-21,24-25,27H,10-19H2,1-4H3,(H,35,39)/t21?,27-/m0/s1. The van der Waals surface area contributed by atoms with Gasteiger partial charge in [0.1, 0.15) is 5.82 Å². The molecule has 0 radical (unpaired) electrons. The highest BCUT2D eigenvalue weighted by Gasteiger charge is 2.49. The van der Waals surface area contributed by atoms with Crippen LogP contribution in [0.25, 0.3) is 0 Å². The molecule has 3 aliphatic rings. The van der Waals surface area contributed by atoms with Crippen molar-refractivity contribution in [3.05, 3.63) is 53.1 Å². The normalized spacial score (nSPS) is 21.5. The van der Waals surface area contributed by atoms with E-state index in [0.717, 1.165) is 62.4 Å². The van der Waals surface area contributed by atoms with E-state index in [4.69, 9.17) is 4.98 Å². The molecule has 2 amide bonds. The van der Waals surface area contributed by atoms with Crippen LogP contribution in [0.15, 0.2) is 30.3 Å². The molecule has 3 heterocycles. The van der Waals surface area contributed by atoms with Gasteiger partial charge >= 0.3 is 0 Å². The van der Waals surface area contributed by atoms with E-state index >= 15 is 0 Å². The van der Waals surface area contributed by atoms with Gasteiger partial charge in [-0.25, -0.2) is 13.8 Å². The Morgan fingerprint density at radius 3 is 2.38 bits per heavy atom. The smallest absolute Gasteiger partial charge is 0.249 e. The molecule has 5 rings (SSSR count). The van der Waals surface area contributed by atoms with Gasteiger partial charge in [0.2, 0.25) is 17.7 Å². The number of hydrogen-bond acceptors (Lipinski definition) is 4. The summed E-state index contributed by atoms with van der Waals surface area (Å²) in [7, 11) is 0. The van der Waals surface area contributed by atoms with Gasteiger partial charge in [-0.2, -0.15) is 0 Å². The van der Waals surface area contributed by atoms with Crippen molar-refractivity contribution >= 4 is 11.8 Å². The maximum atomic E-state index is 13.4. The van der Waals surface area contributed by atoms with E-state index in [2.05, 4.69) is 28.6 Å². The summed E-state index contributed by atoms with van der Waals surface area (Å²) in [5.41, 5.74) is 3.33. The number of benzene rings is 1. The number of halogens is 2. The highest BCUT2D eigenvalue weighted by atomic mass is 19.3. The second-order valence-corrected chi connectivity index (χ2v) is 12.4. The number of rotatable bonds is 8. The molecule has 1 aromatic heterocycles. The van der Waals surface area contributed by atoms with Crippen LogP contribution in [0.2, 0.25) is 0 Å². The summed E-state index contributed by atoms with van der Waals surface area (Å²) in [6, 6.07) is 10.2. The lowest BCUT2D eigenvalue weighted by atomic mass is 9.80. The summed E-state index contributed by atoms with van der Waals surface area (Å²) >= 11 is 0. The molecule has 1 unspecified atom stereocenters. The Labute approximate surface area is 236 Å². The maximum absolute atomic E-state index is 13.4. The van der Waals surface area contributed by atoms with E-state index in [1.54, 1.807) is 0 Å². The van der Waals surface area contributed by atoms with Gasteiger partial charge in [0, 0.05) is 62.8 Å². The zero-order chi connectivity index (χ0) is 28.6. The van der Waals surface area contributed by atoms with Gasteiger partial charge in [0.15, 0.2) is 0 Å². The Morgan fingerprint density at radius 2 is 1.75 bits per heavy atom. The van der Waals surface area contributed by atoms with Crippen molar-refractivity contribution in [2.24, 2.45) is 11.8 Å². The molecule has 2 fully saturated rings. The fourth-order valence-corrected chi connectivity index (χ4v) is 6.73. The number of nitrogens with zero attached hydrogens (tertiary/aromatic N) is 4. The van der Waals surface area contributed by atoms with Crippen LogP contribution in [-0.2, 0) is 22.6 Å². The zero-order valence-electron chi connectivity index (χ0n) is 24.2. The van der Waals surface area contributed by atoms with E-state index in [9.17, 15) is 18.4 Å². The number of piperidine rings is 1. The predicted octanol–water partition coefficient (Wildman–Crippen LogP) is 5.05. The third-order valence-corrected chi connectivity index (χ3v) is 9.08. The molecule has 0 bridgehead atoms. The Balaban J connectivity index is 1.22. The van der Waals surface area contributed by atoms with Crippen LogP contribution >= 0.6 is 0 Å². The minimum atomic E-state index is -2.71. The second-order valence-electron chi connectivity index (χ2n) is 12.4. The number of alkyl halides is 2. The molecule has 9 heteroatoms. The molecule has 2 aliphatic heterocycles. The lowest BCUT2D eigenvalue weighted by Crippen LogP contribution is -2.47. The quantitative estimate of drug-likeness (QED) is 0.495. The van der Waals surface area contributed by atoms with E-state index in [-0.39, 0.29) is 42.7 Å². The maximum Gasteiger partial charge on any atom is 0.249 e. The monoisotopic (exact) mass is 555 g/mol. The molecule has 40 heavy (non-hydrogen) atoms. The molecular formula is C31H43F2N5O2. The van der Waals surface area contributed by atoms with Crippen molar-refractivity contribution in [2.45, 2.75) is 96.8 Å². The van der Waals surface area contributed by atoms with Crippen LogP contribution < -0.4 is 5.32 Å². The average Bonchev–Trinajstić information content (AvgIpc) is 3.26. The van der Waals surface area contributed by atoms with Crippen LogP contribution in [0.5, 0.6) is 0 Å². The first-order valence-corrected chi connectivity index (χ1v) is 14.8. The molecule has 1 N–H and O–H groups in total. The van der Waals surface area contributed by atoms with E-state index in [0.29, 0.717) is 12.6 Å². The number of nitrogens with one attached hydrogen (secondary N) is 1. The van der Waals surface area contributed by atoms with Crippen molar-refractivity contribution < 1.29 is 18.4 Å². The van der Waals surface area contributed by atoms with Gasteiger partial charge in [0.25, 0.3) is 0 Å². The van der Waals surface area contributed by atoms with Crippen molar-refractivity contribution in [3.63, 3.8) is 0 Å². The van der Waals surface area contributed by atoms with Crippen LogP contribution in [0.3, 0.4) is 0 Å². The number of carbonyl (C=O) groups excluding carboxylic acids is 2. The van der Waals surface area contributed by atoms with Crippen LogP contribution in [0, 0.1) is 18.8 Å². The Morgan fingerprint density at radius 1 is 1.07 bits per heavy atom. The number of hydrogen-bond donors (Lipinski definition) is 1. The molecule has 7 nitrogen and oxygen atoms in total. The molecule has 2 aromatic rings. The van der Waals surface area contributed by atoms with E-state index < -0.39 is 11.8 Å². The largest absolute Gasteiger partial charge is 0.349 e. The first kappa shape index (κ1) is 28.7. The van der Waals surface area contributed by atoms with Crippen molar-refractivity contribution in [3.8, 4) is 0 Å². The molecule has 1 saturated heterocycles. The zero-order valence-corrected chi connectivity index (χ0v) is 24.2. The topological polar surface area (TPSA) is 70.5 Å². The van der Waals surface area contributed by atoms with Gasteiger partial charge in [0.05, 0.1) is 24.0 Å². The summed E-state index contributed by atoms with van der Waals surface area (Å²) in [4.78, 5) is 34.8. The highest BCUT2D eigenvalue weighted by Crippen LogP contribution is 2.43. The summed E-state index contributed by atoms with van der Waals surface area (Å²) < 4.78 is 29.2. The van der Waals surface area contributed by atoms with Gasteiger partial charge in [-0.1, -0.05) is 44.2 Å². The van der Waals surface area contributed by atoms with Crippen molar-refractivity contribution in [1.29, 1.82) is 0 Å². The summed E-state index contributed by atoms with van der Waals surface area (Å²) in [5, 5.41) is 3.09. The molecule has 2 atom stereocenters. The van der Waals surface area contributed by atoms with Crippen LogP contribution in [0.1, 0.15) is 87.7 Å². The fourth-order valence-electron chi connectivity index (χ4n) is 6.73. The summed E-state index contributed by atoms with van der Waals surface area (Å²) in [6.45, 7) is 11.4. The SMILES string of the molecule is Cc1nc2c(n1C1CCN(C(C)C[C@H](NC(=O)C3CC(F)(F)C3)c3ccccc3)CC1)CN(C(=O)C(C)C)CC2. The first-order chi connectivity index (χ1) is 19.0. The number of fused-ring (bicyclic) bond motifs is 1. The molecule has 1 aromatic carbocycles. The summed E-state index contributed by atoms with van der Waals surface area (Å²) in [6.07, 6.45) is 2.80. The van der Waals surface area contributed by atoms with E-state index in [1.807, 2.05) is 49.1 Å². The number of imidazole rings is 1. The molecule has 1 saturated carbocycles. The van der Waals surface area contributed by atoms with Gasteiger partial charge < -0.3 is 19.7 Å². The molecule has 1 aliphatic carbocycles. The van der Waals surface area contributed by atoms with Gasteiger partial charge in [-0.15, -0.1) is 0 Å². The Kier molecular flexibility index (Phi) is 8.32. The van der Waals surface area contributed by atoms with Crippen molar-refractivity contribution in [2.75, 3.05) is 19.6 Å². The van der Waals surface area contributed by atoms with Crippen LogP contribution in [-0.4, -0.2) is 62.8 Å². The summed E-state index contributed by atoms with van der Waals surface area (Å²) in [5.74, 6) is -2.37. The average molecular weight is 556 g/mol. The number of carbonyl (C=O) groups is 2. The van der Waals surface area contributed by atoms with Gasteiger partial charge in [-0.05, 0) is 38.7 Å². The van der Waals surface area contributed by atoms with E-state index in [1.165, 1.54) is 5.69 Å². The highest BCUT2D eigenvalue weighted by molar-refractivity contribution is 5.80. The lowest BCUT2D eigenvalue weighted by Gasteiger charge is -2.40. The minimum Gasteiger partial charge on any atom is -0.349 e. The fraction of sp³-hybridized carbons (Fsp3) is 0.645. The molecular weight excluding hydrogens is 512 g/mol. The number of amides is 2. The lowest BCUT2D eigenvalue weighted by molar-refractivity contribution is -0.151. The third-order valence-electron chi connectivity index (χ3n) is 9.08. The van der Waals surface area contributed by atoms with Crippen LogP contribution in [0.4, 0.5) is 8.78 Å². The number of aromatic nitrogens is 2. The predicted molar refractivity (Wildman–Crippen MR) is 150 cm³/mol. The Bertz CT molecular complexity index is 1200. The Hall–Kier alpha value is -2.81.